The Bertz CT molecular complexity index is 374. The Morgan fingerprint density at radius 2 is 2.16 bits per heavy atom. The van der Waals surface area contributed by atoms with Crippen molar-refractivity contribution >= 4 is 17.4 Å². The second-order valence-corrected chi connectivity index (χ2v) is 4.90. The van der Waals surface area contributed by atoms with Crippen LogP contribution in [0.1, 0.15) is 32.4 Å². The fourth-order valence-electron chi connectivity index (χ4n) is 1.80. The van der Waals surface area contributed by atoms with Crippen molar-refractivity contribution in [3.63, 3.8) is 0 Å². The Morgan fingerprint density at radius 3 is 2.79 bits per heavy atom. The normalized spacial score (nSPS) is 11.0. The molecule has 1 aromatic rings. The first-order chi connectivity index (χ1) is 9.21. The summed E-state index contributed by atoms with van der Waals surface area (Å²) >= 11 is 6.20. The van der Waals surface area contributed by atoms with Gasteiger partial charge in [-0.3, -0.25) is 4.90 Å². The Balaban J connectivity index is 2.68. The molecule has 4 nitrogen and oxygen atoms in total. The quantitative estimate of drug-likeness (QED) is 0.732. The SMILES string of the molecule is CCCNc1ccc(Cl)c(CN(CC)CCCO)n1. The van der Waals surface area contributed by atoms with E-state index in [4.69, 9.17) is 16.7 Å². The average Bonchev–Trinajstić information content (AvgIpc) is 2.43. The van der Waals surface area contributed by atoms with Crippen molar-refractivity contribution in [1.82, 2.24) is 9.88 Å². The lowest BCUT2D eigenvalue weighted by Crippen LogP contribution is -2.25. The molecule has 5 heteroatoms. The third-order valence-corrected chi connectivity index (χ3v) is 3.27. The maximum absolute atomic E-state index is 8.89. The zero-order chi connectivity index (χ0) is 14.1. The molecule has 0 unspecified atom stereocenters. The first-order valence-corrected chi connectivity index (χ1v) is 7.31. The van der Waals surface area contributed by atoms with Crippen LogP contribution in [0.4, 0.5) is 5.82 Å². The van der Waals surface area contributed by atoms with E-state index in [1.807, 2.05) is 12.1 Å². The molecular weight excluding hydrogens is 262 g/mol. The van der Waals surface area contributed by atoms with Crippen LogP contribution in [0.3, 0.4) is 0 Å². The minimum atomic E-state index is 0.218. The number of aromatic nitrogens is 1. The van der Waals surface area contributed by atoms with E-state index in [2.05, 4.69) is 29.0 Å². The lowest BCUT2D eigenvalue weighted by atomic mass is 10.3. The lowest BCUT2D eigenvalue weighted by Gasteiger charge is -2.20. The summed E-state index contributed by atoms with van der Waals surface area (Å²) in [6, 6.07) is 3.80. The van der Waals surface area contributed by atoms with Crippen molar-refractivity contribution in [3.05, 3.63) is 22.8 Å². The lowest BCUT2D eigenvalue weighted by molar-refractivity contribution is 0.224. The third-order valence-electron chi connectivity index (χ3n) is 2.93. The van der Waals surface area contributed by atoms with E-state index in [-0.39, 0.29) is 6.61 Å². The molecule has 0 amide bonds. The number of hydrogen-bond donors (Lipinski definition) is 2. The highest BCUT2D eigenvalue weighted by Gasteiger charge is 2.09. The fourth-order valence-corrected chi connectivity index (χ4v) is 1.97. The number of nitrogens with zero attached hydrogens (tertiary/aromatic N) is 2. The summed E-state index contributed by atoms with van der Waals surface area (Å²) in [5.41, 5.74) is 0.891. The number of aliphatic hydroxyl groups is 1. The predicted molar refractivity (Wildman–Crippen MR) is 80.7 cm³/mol. The molecule has 0 fully saturated rings. The second-order valence-electron chi connectivity index (χ2n) is 4.50. The van der Waals surface area contributed by atoms with Crippen molar-refractivity contribution in [3.8, 4) is 0 Å². The molecule has 0 aliphatic carbocycles. The predicted octanol–water partition coefficient (Wildman–Crippen LogP) is 2.76. The van der Waals surface area contributed by atoms with Crippen LogP contribution in [-0.4, -0.2) is 41.2 Å². The van der Waals surface area contributed by atoms with Crippen LogP contribution in [0.15, 0.2) is 12.1 Å². The van der Waals surface area contributed by atoms with Crippen molar-refractivity contribution in [1.29, 1.82) is 0 Å². The van der Waals surface area contributed by atoms with Gasteiger partial charge in [-0.25, -0.2) is 4.98 Å². The van der Waals surface area contributed by atoms with Crippen LogP contribution in [0.25, 0.3) is 0 Å². The number of pyridine rings is 1. The monoisotopic (exact) mass is 285 g/mol. The molecule has 1 rings (SSSR count). The number of hydrogen-bond acceptors (Lipinski definition) is 4. The maximum atomic E-state index is 8.89. The third kappa shape index (κ3) is 5.76. The Hall–Kier alpha value is -0.840. The smallest absolute Gasteiger partial charge is 0.126 e. The molecule has 0 spiro atoms. The molecule has 1 heterocycles. The van der Waals surface area contributed by atoms with Gasteiger partial charge in [0, 0.05) is 26.2 Å². The number of nitrogens with one attached hydrogen (secondary N) is 1. The summed E-state index contributed by atoms with van der Waals surface area (Å²) in [6.45, 7) is 7.85. The Labute approximate surface area is 120 Å². The highest BCUT2D eigenvalue weighted by molar-refractivity contribution is 6.31. The summed E-state index contributed by atoms with van der Waals surface area (Å²) in [7, 11) is 0. The standard InChI is InChI=1S/C14H24ClN3O/c1-3-8-16-14-7-6-12(15)13(17-14)11-18(4-2)9-5-10-19/h6-7,19H,3-5,8-11H2,1-2H3,(H,16,17). The molecule has 0 aliphatic rings. The van der Waals surface area contributed by atoms with Crippen LogP contribution >= 0.6 is 11.6 Å². The average molecular weight is 286 g/mol. The zero-order valence-corrected chi connectivity index (χ0v) is 12.6. The van der Waals surface area contributed by atoms with Gasteiger partial charge in [-0.1, -0.05) is 25.4 Å². The van der Waals surface area contributed by atoms with Gasteiger partial charge in [0.1, 0.15) is 5.82 Å². The van der Waals surface area contributed by atoms with Gasteiger partial charge in [-0.2, -0.15) is 0 Å². The van der Waals surface area contributed by atoms with Crippen LogP contribution in [0, 0.1) is 0 Å². The minimum absolute atomic E-state index is 0.218. The van der Waals surface area contributed by atoms with Crippen LogP contribution in [0.2, 0.25) is 5.02 Å². The highest BCUT2D eigenvalue weighted by atomic mass is 35.5. The van der Waals surface area contributed by atoms with E-state index in [0.717, 1.165) is 50.5 Å². The molecule has 0 atom stereocenters. The van der Waals surface area contributed by atoms with E-state index in [9.17, 15) is 0 Å². The Morgan fingerprint density at radius 1 is 1.37 bits per heavy atom. The molecule has 0 aromatic carbocycles. The topological polar surface area (TPSA) is 48.4 Å². The molecular formula is C14H24ClN3O. The summed E-state index contributed by atoms with van der Waals surface area (Å²) in [5, 5.41) is 12.9. The number of rotatable bonds is 9. The number of halogens is 1. The molecule has 108 valence electrons. The van der Waals surface area contributed by atoms with Gasteiger partial charge in [0.05, 0.1) is 10.7 Å². The fraction of sp³-hybridized carbons (Fsp3) is 0.643. The molecule has 0 aliphatic heterocycles. The largest absolute Gasteiger partial charge is 0.396 e. The van der Waals surface area contributed by atoms with Crippen molar-refractivity contribution in [2.75, 3.05) is 31.6 Å². The van der Waals surface area contributed by atoms with E-state index in [0.29, 0.717) is 5.02 Å². The summed E-state index contributed by atoms with van der Waals surface area (Å²) in [6.07, 6.45) is 1.84. The van der Waals surface area contributed by atoms with E-state index in [1.54, 1.807) is 0 Å². The zero-order valence-electron chi connectivity index (χ0n) is 11.8. The summed E-state index contributed by atoms with van der Waals surface area (Å²) in [5.74, 6) is 0.875. The van der Waals surface area contributed by atoms with E-state index in [1.165, 1.54) is 0 Å². The van der Waals surface area contributed by atoms with Gasteiger partial charge < -0.3 is 10.4 Å². The van der Waals surface area contributed by atoms with Gasteiger partial charge in [-0.15, -0.1) is 0 Å². The van der Waals surface area contributed by atoms with Crippen molar-refractivity contribution in [2.45, 2.75) is 33.2 Å². The van der Waals surface area contributed by atoms with Gasteiger partial charge >= 0.3 is 0 Å². The molecule has 2 N–H and O–H groups in total. The van der Waals surface area contributed by atoms with Crippen molar-refractivity contribution < 1.29 is 5.11 Å². The molecule has 0 bridgehead atoms. The number of aliphatic hydroxyl groups excluding tert-OH is 1. The minimum Gasteiger partial charge on any atom is -0.396 e. The van der Waals surface area contributed by atoms with Crippen molar-refractivity contribution in [2.24, 2.45) is 0 Å². The van der Waals surface area contributed by atoms with E-state index < -0.39 is 0 Å². The van der Waals surface area contributed by atoms with Crippen LogP contribution < -0.4 is 5.32 Å². The van der Waals surface area contributed by atoms with E-state index >= 15 is 0 Å². The maximum Gasteiger partial charge on any atom is 0.126 e. The molecule has 19 heavy (non-hydrogen) atoms. The number of anilines is 1. The first kappa shape index (κ1) is 16.2. The highest BCUT2D eigenvalue weighted by Crippen LogP contribution is 2.18. The molecule has 1 aromatic heterocycles. The summed E-state index contributed by atoms with van der Waals surface area (Å²) < 4.78 is 0. The van der Waals surface area contributed by atoms with Gasteiger partial charge in [0.2, 0.25) is 0 Å². The van der Waals surface area contributed by atoms with Crippen LogP contribution in [0.5, 0.6) is 0 Å². The molecule has 0 saturated carbocycles. The van der Waals surface area contributed by atoms with Gasteiger partial charge in [0.25, 0.3) is 0 Å². The van der Waals surface area contributed by atoms with Gasteiger partial charge in [-0.05, 0) is 31.5 Å². The first-order valence-electron chi connectivity index (χ1n) is 6.93. The molecule has 0 saturated heterocycles. The Kier molecular flexibility index (Phi) is 7.79. The second kappa shape index (κ2) is 9.13. The molecule has 0 radical (unpaired) electrons. The van der Waals surface area contributed by atoms with Crippen LogP contribution in [-0.2, 0) is 6.54 Å². The summed E-state index contributed by atoms with van der Waals surface area (Å²) in [4.78, 5) is 6.79. The van der Waals surface area contributed by atoms with Gasteiger partial charge in [0.15, 0.2) is 0 Å².